The van der Waals surface area contributed by atoms with Crippen LogP contribution in [-0.4, -0.2) is 313 Å². The molecule has 2 aromatic carbocycles. The topological polar surface area (TPSA) is 579 Å². The number of para-hydroxylation sites is 1. The number of aliphatic imine (C=N–C) groups is 2. The van der Waals surface area contributed by atoms with Crippen LogP contribution in [0.4, 0.5) is 5.69 Å². The number of allylic oxidation sites excluding steroid dienone is 2. The number of nitrogens with one attached hydrogen (secondary N) is 5. The Bertz CT molecular complexity index is 3220. The Morgan fingerprint density at radius 2 is 1.42 bits per heavy atom. The van der Waals surface area contributed by atoms with Crippen molar-refractivity contribution in [2.24, 2.45) is 33.1 Å². The number of rotatable bonds is 31. The van der Waals surface area contributed by atoms with E-state index in [-0.39, 0.29) is 48.3 Å². The Balaban J connectivity index is 1.03. The number of guanidine groups is 2. The normalized spacial score (nSPS) is 31.9. The van der Waals surface area contributed by atoms with Gasteiger partial charge in [0.05, 0.1) is 58.1 Å². The monoisotopic (exact) mass is 1430 g/mol. The molecule has 37 heteroatoms. The molecule has 6 aliphatic heterocycles. The van der Waals surface area contributed by atoms with Gasteiger partial charge in [-0.3, -0.25) is 38.9 Å². The molecule has 4 saturated heterocycles. The zero-order valence-corrected chi connectivity index (χ0v) is 56.3. The van der Waals surface area contributed by atoms with Gasteiger partial charge in [-0.05, 0) is 75.8 Å². The fourth-order valence-corrected chi connectivity index (χ4v) is 12.7. The van der Waals surface area contributed by atoms with Crippen LogP contribution in [0.1, 0.15) is 58.1 Å². The highest BCUT2D eigenvalue weighted by Gasteiger charge is 2.55. The first-order valence-electron chi connectivity index (χ1n) is 33.2. The number of amides is 5. The summed E-state index contributed by atoms with van der Waals surface area (Å²) < 4.78 is 41.5. The highest BCUT2D eigenvalue weighted by Crippen LogP contribution is 2.36. The third kappa shape index (κ3) is 19.0. The Hall–Kier alpha value is -7.22. The molecule has 0 spiro atoms. The van der Waals surface area contributed by atoms with Crippen molar-refractivity contribution in [3.63, 3.8) is 0 Å². The van der Waals surface area contributed by atoms with E-state index in [1.165, 1.54) is 36.8 Å². The first kappa shape index (κ1) is 79.5. The average molecular weight is 1430 g/mol. The molecule has 562 valence electrons. The van der Waals surface area contributed by atoms with Crippen molar-refractivity contribution in [2.45, 2.75) is 213 Å². The second-order valence-electron chi connectivity index (χ2n) is 26.1. The van der Waals surface area contributed by atoms with E-state index in [1.807, 2.05) is 20.8 Å². The number of ether oxygens (including phenoxy) is 7. The minimum absolute atomic E-state index is 0.0419. The molecule has 26 unspecified atom stereocenters. The van der Waals surface area contributed by atoms with Gasteiger partial charge in [-0.15, -0.1) is 0 Å². The van der Waals surface area contributed by atoms with Gasteiger partial charge >= 0.3 is 0 Å². The van der Waals surface area contributed by atoms with Crippen LogP contribution in [0.25, 0.3) is 0 Å². The number of nitrogens with two attached hydrogens (primary N) is 3. The number of aldehydes is 1. The number of aliphatic hydroxyl groups is 12. The van der Waals surface area contributed by atoms with Gasteiger partial charge in [0.25, 0.3) is 0 Å². The molecule has 6 heterocycles. The number of carbonyl (C=O) groups is 6. The van der Waals surface area contributed by atoms with Crippen molar-refractivity contribution >= 4 is 53.4 Å². The van der Waals surface area contributed by atoms with Gasteiger partial charge < -0.3 is 148 Å². The minimum atomic E-state index is -2.29. The summed E-state index contributed by atoms with van der Waals surface area (Å²) in [6, 6.07) is -0.258. The molecule has 23 N–H and O–H groups in total. The van der Waals surface area contributed by atoms with E-state index >= 15 is 9.59 Å². The summed E-state index contributed by atoms with van der Waals surface area (Å²) in [6.07, 6.45) is -25.6. The first-order valence-corrected chi connectivity index (χ1v) is 33.2. The van der Waals surface area contributed by atoms with Crippen LogP contribution in [0.3, 0.4) is 0 Å². The van der Waals surface area contributed by atoms with E-state index in [0.29, 0.717) is 12.0 Å². The molecular formula is C64H96N12O25. The lowest BCUT2D eigenvalue weighted by Crippen LogP contribution is -2.70. The quantitative estimate of drug-likeness (QED) is 0.0246. The van der Waals surface area contributed by atoms with Crippen LogP contribution >= 0.6 is 0 Å². The van der Waals surface area contributed by atoms with Gasteiger partial charge in [0.15, 0.2) is 30.7 Å². The molecule has 101 heavy (non-hydrogen) atoms. The van der Waals surface area contributed by atoms with Crippen molar-refractivity contribution in [1.82, 2.24) is 31.5 Å². The molecule has 0 bridgehead atoms. The number of nitrogens with zero attached hydrogens (tertiary/aromatic N) is 4. The number of anilines is 1. The van der Waals surface area contributed by atoms with Crippen molar-refractivity contribution in [3.05, 3.63) is 71.3 Å². The Morgan fingerprint density at radius 3 is 2.05 bits per heavy atom. The summed E-state index contributed by atoms with van der Waals surface area (Å²) >= 11 is 0. The van der Waals surface area contributed by atoms with Gasteiger partial charge in [-0.25, -0.2) is 0 Å². The number of fused-ring (bicyclic) bond motifs is 1. The number of aryl methyl sites for hydroxylation is 1. The Kier molecular flexibility index (Phi) is 28.2. The van der Waals surface area contributed by atoms with Crippen molar-refractivity contribution in [2.75, 3.05) is 51.0 Å². The highest BCUT2D eigenvalue weighted by molar-refractivity contribution is 6.03. The zero-order valence-electron chi connectivity index (χ0n) is 56.3. The van der Waals surface area contributed by atoms with Crippen LogP contribution in [0, 0.1) is 12.8 Å². The van der Waals surface area contributed by atoms with Crippen molar-refractivity contribution < 1.29 is 123 Å². The van der Waals surface area contributed by atoms with Crippen molar-refractivity contribution in [1.29, 1.82) is 0 Å². The predicted molar refractivity (Wildman–Crippen MR) is 351 cm³/mol. The Morgan fingerprint density at radius 1 is 0.752 bits per heavy atom. The average Bonchev–Trinajstić information content (AvgIpc) is 1.76. The van der Waals surface area contributed by atoms with Gasteiger partial charge in [0, 0.05) is 18.5 Å². The molecule has 0 aliphatic carbocycles. The maximum absolute atomic E-state index is 15.2. The van der Waals surface area contributed by atoms with Crippen LogP contribution in [0.15, 0.2) is 70.2 Å². The number of hydrogen-bond donors (Lipinski definition) is 20. The lowest BCUT2D eigenvalue weighted by molar-refractivity contribution is -0.382. The third-order valence-corrected chi connectivity index (χ3v) is 18.5. The molecule has 37 nitrogen and oxygen atoms in total. The molecule has 0 radical (unpaired) electrons. The molecule has 2 aromatic rings. The van der Waals surface area contributed by atoms with E-state index in [2.05, 4.69) is 42.6 Å². The molecule has 0 aromatic heterocycles. The minimum Gasteiger partial charge on any atom is -0.462 e. The fraction of sp³-hybridized carbons (Fsp3) is 0.656. The number of carbonyl (C=O) groups excluding carboxylic acids is 6. The van der Waals surface area contributed by atoms with Gasteiger partial charge in [-0.2, -0.15) is 0 Å². The number of hydrogen-bond acceptors (Lipinski definition) is 32. The van der Waals surface area contributed by atoms with Crippen LogP contribution < -0.4 is 53.4 Å². The van der Waals surface area contributed by atoms with E-state index in [9.17, 15) is 80.5 Å². The zero-order chi connectivity index (χ0) is 73.8. The Labute approximate surface area is 580 Å². The van der Waals surface area contributed by atoms with Crippen molar-refractivity contribution in [3.8, 4) is 5.75 Å². The molecule has 26 atom stereocenters. The summed E-state index contributed by atoms with van der Waals surface area (Å²) in [7, 11) is 0. The summed E-state index contributed by atoms with van der Waals surface area (Å²) in [4.78, 5) is 94.8. The lowest BCUT2D eigenvalue weighted by Gasteiger charge is -2.48. The molecule has 6 aliphatic rings. The highest BCUT2D eigenvalue weighted by atomic mass is 16.8. The maximum atomic E-state index is 15.2. The van der Waals surface area contributed by atoms with E-state index in [1.54, 1.807) is 31.2 Å². The predicted octanol–water partition coefficient (Wildman–Crippen LogP) is -8.98. The van der Waals surface area contributed by atoms with Crippen LogP contribution in [0.2, 0.25) is 0 Å². The van der Waals surface area contributed by atoms with E-state index < -0.39 is 228 Å². The summed E-state index contributed by atoms with van der Waals surface area (Å²) in [5.74, 6) is -6.23. The summed E-state index contributed by atoms with van der Waals surface area (Å²) in [5.41, 5.74) is 20.2. The van der Waals surface area contributed by atoms with Gasteiger partial charge in [0.1, 0.15) is 128 Å². The summed E-state index contributed by atoms with van der Waals surface area (Å²) in [5, 5.41) is 145. The van der Waals surface area contributed by atoms with Gasteiger partial charge in [-0.1, -0.05) is 48.9 Å². The van der Waals surface area contributed by atoms with Crippen LogP contribution in [0.5, 0.6) is 5.75 Å². The standard InChI is InChI=1S/C64H96N12O25/c1-27(2)9-8-10-28(3)17-42-95-26-40-55(100-42)50(87)53(90)62(99-40)101-54-39(25-80)98-61(52(89)49(54)86)96-33-15-13-31(14-16-33)18-34(71-56(91)30(5)75(41(81)19-65)36-12-7-6-11-29(36)4)57(92)73-43(45(82)35-20-68-63(66)72-35)59(94)74-44(58(93)70-32(22-77)23-78)46(83)37-21-69-64(67)76(37)60-51(88)48(85)47(84)38(24-79)97-60/h6-7,9,11-16,22,28,30,32,34-35,37-40,42-55,60-62,78-80,82-90H,8,10,17-21,23-26,65H2,1-5H3,(H2,67,69)(H,70,93)(H,71,91)(H,73,92)(H,74,94)(H3,66,68,72). The smallest absolute Gasteiger partial charge is 0.246 e. The number of aliphatic hydroxyl groups excluding tert-OH is 12. The largest absolute Gasteiger partial charge is 0.462 e. The van der Waals surface area contributed by atoms with Gasteiger partial charge in [0.2, 0.25) is 35.8 Å². The molecule has 8 rings (SSSR count). The fourth-order valence-electron chi connectivity index (χ4n) is 12.7. The second kappa shape index (κ2) is 35.8. The lowest BCUT2D eigenvalue weighted by atomic mass is 9.95. The molecule has 5 amide bonds. The number of benzene rings is 2. The maximum Gasteiger partial charge on any atom is 0.246 e. The molecule has 0 saturated carbocycles. The molecule has 4 fully saturated rings. The second-order valence-corrected chi connectivity index (χ2v) is 26.1. The third-order valence-electron chi connectivity index (χ3n) is 18.5. The molecular weight excluding hydrogens is 1340 g/mol. The SMILES string of the molecule is CC(C)=CCCC(C)CC1OCC2OC(OC3C(CO)OC(Oc4ccc(CC(NC(=O)C(C)N(C(=O)CN)c5ccccc5C)C(=O)NC(C(=O)NC(C(=O)NC(C=O)CO)C(O)C5CN=C(N)N5C5OC(CO)C(O)C(O)C5O)C(O)C5CN=C(N)N5)cc4)C(O)C3O)C(O)C(O)C2O1. The van der Waals surface area contributed by atoms with Crippen LogP contribution in [-0.2, 0) is 63.6 Å². The summed E-state index contributed by atoms with van der Waals surface area (Å²) in [6.45, 7) is 4.94. The van der Waals surface area contributed by atoms with E-state index in [0.717, 1.165) is 22.6 Å². The van der Waals surface area contributed by atoms with E-state index in [4.69, 9.17) is 50.4 Å². The first-order chi connectivity index (χ1) is 48.0.